The molecule has 2 rings (SSSR count). The molecule has 0 unspecified atom stereocenters. The molecule has 0 bridgehead atoms. The molecule has 0 N–H and O–H groups in total. The van der Waals surface area contributed by atoms with Crippen molar-refractivity contribution in [2.45, 2.75) is 0 Å². The molecule has 0 radical (unpaired) electrons. The van der Waals surface area contributed by atoms with Crippen LogP contribution in [0.25, 0.3) is 10.6 Å². The fraction of sp³-hybridized carbons (Fsp3) is 0. The summed E-state index contributed by atoms with van der Waals surface area (Å²) in [5.41, 5.74) is 0.648. The van der Waals surface area contributed by atoms with Crippen LogP contribution >= 0.6 is 46.1 Å². The van der Waals surface area contributed by atoms with E-state index in [1.165, 1.54) is 11.3 Å². The van der Waals surface area contributed by atoms with E-state index in [1.54, 1.807) is 12.1 Å². The van der Waals surface area contributed by atoms with Crippen LogP contribution in [0.5, 0.6) is 0 Å². The van der Waals surface area contributed by atoms with Gasteiger partial charge >= 0.3 is 0 Å². The Bertz CT molecular complexity index is 449. The molecule has 0 aromatic carbocycles. The molecule has 0 spiro atoms. The highest BCUT2D eigenvalue weighted by atomic mass is 35.5. The van der Waals surface area contributed by atoms with Gasteiger partial charge in [-0.2, -0.15) is 0 Å². The summed E-state index contributed by atoms with van der Waals surface area (Å²) >= 11 is 18.8. The van der Waals surface area contributed by atoms with E-state index in [0.717, 1.165) is 4.88 Å². The average Bonchev–Trinajstić information content (AvgIpc) is 2.49. The van der Waals surface area contributed by atoms with E-state index in [0.29, 0.717) is 15.9 Å². The number of hydrogen-bond acceptors (Lipinski definition) is 3. The number of nitrogens with zero attached hydrogens (tertiary/aromatic N) is 2. The van der Waals surface area contributed by atoms with E-state index in [2.05, 4.69) is 9.97 Å². The monoisotopic (exact) mass is 264 g/mol. The molecule has 0 amide bonds. The number of rotatable bonds is 1. The molecule has 14 heavy (non-hydrogen) atoms. The lowest BCUT2D eigenvalue weighted by molar-refractivity contribution is 1.18. The maximum atomic E-state index is 5.94. The zero-order valence-corrected chi connectivity index (χ0v) is 9.75. The summed E-state index contributed by atoms with van der Waals surface area (Å²) in [4.78, 5) is 8.63. The summed E-state index contributed by atoms with van der Waals surface area (Å²) in [7, 11) is 0. The van der Waals surface area contributed by atoms with Crippen molar-refractivity contribution in [2.24, 2.45) is 0 Å². The van der Waals surface area contributed by atoms with Crippen molar-refractivity contribution >= 4 is 46.1 Å². The summed E-state index contributed by atoms with van der Waals surface area (Å²) in [6.45, 7) is 0. The van der Waals surface area contributed by atoms with Crippen molar-refractivity contribution in [2.75, 3.05) is 0 Å². The quantitative estimate of drug-likeness (QED) is 0.571. The van der Waals surface area contributed by atoms with Gasteiger partial charge in [0, 0.05) is 6.07 Å². The molecule has 0 aliphatic carbocycles. The Morgan fingerprint density at radius 3 is 2.50 bits per heavy atom. The predicted octanol–water partition coefficient (Wildman–Crippen LogP) is 4.17. The highest BCUT2D eigenvalue weighted by Crippen LogP contribution is 2.33. The minimum Gasteiger partial charge on any atom is -0.217 e. The van der Waals surface area contributed by atoms with Crippen molar-refractivity contribution in [1.29, 1.82) is 0 Å². The largest absolute Gasteiger partial charge is 0.224 e. The highest BCUT2D eigenvalue weighted by Gasteiger charge is 2.08. The van der Waals surface area contributed by atoms with Crippen LogP contribution in [0.4, 0.5) is 0 Å². The number of aromatic nitrogens is 2. The van der Waals surface area contributed by atoms with Gasteiger partial charge in [0.25, 0.3) is 0 Å². The molecule has 2 heterocycles. The third-order valence-electron chi connectivity index (χ3n) is 1.52. The average molecular weight is 266 g/mol. The fourth-order valence-electron chi connectivity index (χ4n) is 0.983. The van der Waals surface area contributed by atoms with Gasteiger partial charge in [-0.25, -0.2) is 9.97 Å². The minimum atomic E-state index is 0.122. The molecule has 6 heteroatoms. The summed E-state index contributed by atoms with van der Waals surface area (Å²) < 4.78 is 0. The van der Waals surface area contributed by atoms with Crippen LogP contribution < -0.4 is 0 Å². The van der Waals surface area contributed by atoms with E-state index in [4.69, 9.17) is 34.8 Å². The zero-order chi connectivity index (χ0) is 10.1. The summed E-state index contributed by atoms with van der Waals surface area (Å²) in [5, 5.41) is 2.95. The topological polar surface area (TPSA) is 25.8 Å². The second kappa shape index (κ2) is 4.03. The van der Waals surface area contributed by atoms with Gasteiger partial charge in [0.05, 0.1) is 15.6 Å². The maximum Gasteiger partial charge on any atom is 0.224 e. The van der Waals surface area contributed by atoms with E-state index in [1.807, 2.05) is 5.38 Å². The number of halogens is 3. The standard InChI is InChI=1S/C8H3Cl3N2S/c9-4-1-2-14-7(4)5-3-6(10)13-8(11)12-5/h1-3H. The molecule has 0 saturated heterocycles. The van der Waals surface area contributed by atoms with Crippen LogP contribution in [0, 0.1) is 0 Å². The van der Waals surface area contributed by atoms with Gasteiger partial charge in [-0.1, -0.05) is 23.2 Å². The molecule has 0 aliphatic rings. The second-order valence-electron chi connectivity index (χ2n) is 2.44. The van der Waals surface area contributed by atoms with E-state index in [9.17, 15) is 0 Å². The third-order valence-corrected chi connectivity index (χ3v) is 3.24. The lowest BCUT2D eigenvalue weighted by atomic mass is 10.3. The summed E-state index contributed by atoms with van der Waals surface area (Å²) in [6, 6.07) is 3.43. The maximum absolute atomic E-state index is 5.94. The SMILES string of the molecule is Clc1cc(-c2sccc2Cl)nc(Cl)n1. The molecular formula is C8H3Cl3N2S. The Kier molecular flexibility index (Phi) is 2.93. The van der Waals surface area contributed by atoms with Gasteiger partial charge in [0.2, 0.25) is 5.28 Å². The Morgan fingerprint density at radius 1 is 1.14 bits per heavy atom. The van der Waals surface area contributed by atoms with Crippen LogP contribution in [-0.2, 0) is 0 Å². The molecule has 0 atom stereocenters. The number of thiophene rings is 1. The Balaban J connectivity index is 2.57. The second-order valence-corrected chi connectivity index (χ2v) is 4.49. The van der Waals surface area contributed by atoms with Crippen molar-refractivity contribution in [3.8, 4) is 10.6 Å². The smallest absolute Gasteiger partial charge is 0.217 e. The van der Waals surface area contributed by atoms with Crippen LogP contribution in [0.2, 0.25) is 15.5 Å². The predicted molar refractivity (Wildman–Crippen MR) is 60.4 cm³/mol. The van der Waals surface area contributed by atoms with Crippen molar-refractivity contribution in [3.05, 3.63) is 33.0 Å². The van der Waals surface area contributed by atoms with E-state index >= 15 is 0 Å². The molecule has 0 fully saturated rings. The Hall–Kier alpha value is -0.350. The Labute approximate surface area is 99.5 Å². The van der Waals surface area contributed by atoms with Gasteiger partial charge < -0.3 is 0 Å². The van der Waals surface area contributed by atoms with Crippen LogP contribution in [-0.4, -0.2) is 9.97 Å². The molecule has 2 aromatic rings. The fourth-order valence-corrected chi connectivity index (χ4v) is 2.51. The first-order valence-electron chi connectivity index (χ1n) is 3.60. The zero-order valence-electron chi connectivity index (χ0n) is 6.67. The van der Waals surface area contributed by atoms with E-state index < -0.39 is 0 Å². The lowest BCUT2D eigenvalue weighted by Crippen LogP contribution is -1.86. The first kappa shape index (κ1) is 10.2. The molecule has 2 nitrogen and oxygen atoms in total. The third kappa shape index (κ3) is 2.01. The molecule has 0 aliphatic heterocycles. The number of hydrogen-bond donors (Lipinski definition) is 0. The van der Waals surface area contributed by atoms with E-state index in [-0.39, 0.29) is 5.28 Å². The summed E-state index contributed by atoms with van der Waals surface area (Å²) in [5.74, 6) is 0. The van der Waals surface area contributed by atoms with Crippen LogP contribution in [0.3, 0.4) is 0 Å². The normalized spacial score (nSPS) is 10.5. The van der Waals surface area contributed by atoms with Crippen molar-refractivity contribution in [3.63, 3.8) is 0 Å². The summed E-state index contributed by atoms with van der Waals surface area (Å²) in [6.07, 6.45) is 0. The molecule has 0 saturated carbocycles. The van der Waals surface area contributed by atoms with Crippen LogP contribution in [0.1, 0.15) is 0 Å². The molecule has 72 valence electrons. The molecule has 2 aromatic heterocycles. The lowest BCUT2D eigenvalue weighted by Gasteiger charge is -1.98. The highest BCUT2D eigenvalue weighted by molar-refractivity contribution is 7.14. The first-order chi connectivity index (χ1) is 6.66. The van der Waals surface area contributed by atoms with Gasteiger partial charge in [0.15, 0.2) is 0 Å². The minimum absolute atomic E-state index is 0.122. The van der Waals surface area contributed by atoms with Crippen molar-refractivity contribution < 1.29 is 0 Å². The van der Waals surface area contributed by atoms with Gasteiger partial charge in [-0.15, -0.1) is 11.3 Å². The van der Waals surface area contributed by atoms with Gasteiger partial charge in [0.1, 0.15) is 5.15 Å². The first-order valence-corrected chi connectivity index (χ1v) is 5.61. The van der Waals surface area contributed by atoms with Crippen molar-refractivity contribution in [1.82, 2.24) is 9.97 Å². The molecular weight excluding hydrogens is 263 g/mol. The Morgan fingerprint density at radius 2 is 1.93 bits per heavy atom. The van der Waals surface area contributed by atoms with Gasteiger partial charge in [-0.3, -0.25) is 0 Å². The van der Waals surface area contributed by atoms with Crippen LogP contribution in [0.15, 0.2) is 17.5 Å². The van der Waals surface area contributed by atoms with Gasteiger partial charge in [-0.05, 0) is 23.0 Å².